The molecule has 0 rings (SSSR count). The van der Waals surface area contributed by atoms with E-state index >= 15 is 0 Å². The highest BCUT2D eigenvalue weighted by molar-refractivity contribution is 7.47. The second kappa shape index (κ2) is 43.3. The summed E-state index contributed by atoms with van der Waals surface area (Å²) in [6.07, 6.45) is 46.8. The lowest BCUT2D eigenvalue weighted by molar-refractivity contribution is -0.154. The SMILES string of the molecule is CC/C=C\C/C=C\C/C=C\CCCCCCOCC(COP(=O)(O)OCC(O)CO)OC(=O)CCCCCCCCCCCCCCCCCCCCCCC. The smallest absolute Gasteiger partial charge is 0.457 e. The predicted molar refractivity (Wildman–Crippen MR) is 233 cm³/mol. The summed E-state index contributed by atoms with van der Waals surface area (Å²) in [6, 6.07) is 0. The van der Waals surface area contributed by atoms with Crippen molar-refractivity contribution in [2.45, 2.75) is 219 Å². The number of hydrogen-bond donors (Lipinski definition) is 3. The van der Waals surface area contributed by atoms with Crippen molar-refractivity contribution in [1.82, 2.24) is 0 Å². The Kier molecular flexibility index (Phi) is 42.2. The Morgan fingerprint density at radius 3 is 1.54 bits per heavy atom. The molecule has 56 heavy (non-hydrogen) atoms. The van der Waals surface area contributed by atoms with E-state index in [-0.39, 0.29) is 25.6 Å². The molecule has 3 atom stereocenters. The minimum absolute atomic E-state index is 0.0365. The van der Waals surface area contributed by atoms with Gasteiger partial charge < -0.3 is 24.6 Å². The van der Waals surface area contributed by atoms with E-state index in [0.717, 1.165) is 70.6 Å². The van der Waals surface area contributed by atoms with Crippen LogP contribution < -0.4 is 0 Å². The Morgan fingerprint density at radius 1 is 0.571 bits per heavy atom. The number of phosphoric ester groups is 1. The molecule has 0 saturated carbocycles. The topological polar surface area (TPSA) is 132 Å². The number of esters is 1. The van der Waals surface area contributed by atoms with Crippen molar-refractivity contribution in [3.8, 4) is 0 Å². The van der Waals surface area contributed by atoms with E-state index in [0.29, 0.717) is 6.61 Å². The summed E-state index contributed by atoms with van der Waals surface area (Å²) in [4.78, 5) is 22.6. The van der Waals surface area contributed by atoms with E-state index in [1.54, 1.807) is 0 Å². The van der Waals surface area contributed by atoms with E-state index in [2.05, 4.69) is 50.3 Å². The Hall–Kier alpha value is -1.32. The molecule has 9 nitrogen and oxygen atoms in total. The minimum Gasteiger partial charge on any atom is -0.457 e. The second-order valence-corrected chi connectivity index (χ2v) is 16.9. The van der Waals surface area contributed by atoms with E-state index in [1.165, 1.54) is 116 Å². The van der Waals surface area contributed by atoms with Gasteiger partial charge in [0.2, 0.25) is 0 Å². The van der Waals surface area contributed by atoms with E-state index < -0.39 is 33.2 Å². The number of phosphoric acid groups is 1. The van der Waals surface area contributed by atoms with Crippen LogP contribution in [-0.4, -0.2) is 66.3 Å². The van der Waals surface area contributed by atoms with Crippen LogP contribution in [0.4, 0.5) is 0 Å². The van der Waals surface area contributed by atoms with Crippen molar-refractivity contribution in [3.63, 3.8) is 0 Å². The van der Waals surface area contributed by atoms with Gasteiger partial charge in [-0.3, -0.25) is 13.8 Å². The number of carbonyl (C=O) groups is 1. The number of carbonyl (C=O) groups excluding carboxylic acids is 1. The van der Waals surface area contributed by atoms with E-state index in [1.807, 2.05) is 0 Å². The first-order valence-electron chi connectivity index (χ1n) is 23.0. The van der Waals surface area contributed by atoms with Crippen molar-refractivity contribution >= 4 is 13.8 Å². The second-order valence-electron chi connectivity index (χ2n) is 15.4. The summed E-state index contributed by atoms with van der Waals surface area (Å²) < 4.78 is 33.4. The molecular weight excluding hydrogens is 727 g/mol. The molecule has 3 N–H and O–H groups in total. The van der Waals surface area contributed by atoms with Gasteiger partial charge in [0, 0.05) is 13.0 Å². The van der Waals surface area contributed by atoms with Crippen LogP contribution >= 0.6 is 7.82 Å². The number of rotatable bonds is 44. The molecule has 0 aliphatic rings. The highest BCUT2D eigenvalue weighted by Crippen LogP contribution is 2.43. The van der Waals surface area contributed by atoms with Gasteiger partial charge in [0.25, 0.3) is 0 Å². The van der Waals surface area contributed by atoms with Crippen LogP contribution in [0.3, 0.4) is 0 Å². The first-order valence-corrected chi connectivity index (χ1v) is 24.5. The Labute approximate surface area is 344 Å². The number of ether oxygens (including phenoxy) is 2. The van der Waals surface area contributed by atoms with E-state index in [4.69, 9.17) is 23.6 Å². The molecule has 0 spiro atoms. The summed E-state index contributed by atoms with van der Waals surface area (Å²) in [5.74, 6) is -0.388. The highest BCUT2D eigenvalue weighted by Gasteiger charge is 2.26. The quantitative estimate of drug-likeness (QED) is 0.0238. The monoisotopic (exact) mass is 815 g/mol. The van der Waals surface area contributed by atoms with Crippen molar-refractivity contribution in [2.24, 2.45) is 0 Å². The zero-order chi connectivity index (χ0) is 41.1. The van der Waals surface area contributed by atoms with Gasteiger partial charge >= 0.3 is 13.8 Å². The normalized spacial score (nSPS) is 14.3. The van der Waals surface area contributed by atoms with Gasteiger partial charge in [-0.2, -0.15) is 0 Å². The van der Waals surface area contributed by atoms with E-state index in [9.17, 15) is 19.4 Å². The molecule has 0 bridgehead atoms. The molecule has 0 aromatic carbocycles. The Bertz CT molecular complexity index is 970. The van der Waals surface area contributed by atoms with Crippen LogP contribution in [0.2, 0.25) is 0 Å². The number of aliphatic hydroxyl groups is 2. The molecule has 330 valence electrons. The molecule has 0 heterocycles. The average molecular weight is 815 g/mol. The van der Waals surface area contributed by atoms with Crippen molar-refractivity contribution < 1.29 is 43.0 Å². The molecular formula is C46H87O9P. The molecule has 0 aliphatic heterocycles. The van der Waals surface area contributed by atoms with Crippen molar-refractivity contribution in [2.75, 3.05) is 33.0 Å². The molecule has 0 aliphatic carbocycles. The van der Waals surface area contributed by atoms with Crippen LogP contribution in [0.1, 0.15) is 206 Å². The third-order valence-corrected chi connectivity index (χ3v) is 10.8. The fraction of sp³-hybridized carbons (Fsp3) is 0.848. The predicted octanol–water partition coefficient (Wildman–Crippen LogP) is 12.8. The average Bonchev–Trinajstić information content (AvgIpc) is 3.19. The van der Waals surface area contributed by atoms with Gasteiger partial charge in [0.05, 0.1) is 26.4 Å². The number of unbranched alkanes of at least 4 members (excludes halogenated alkanes) is 24. The molecule has 0 fully saturated rings. The lowest BCUT2D eigenvalue weighted by atomic mass is 10.0. The Morgan fingerprint density at radius 2 is 1.02 bits per heavy atom. The van der Waals surface area contributed by atoms with Gasteiger partial charge in [0.15, 0.2) is 0 Å². The van der Waals surface area contributed by atoms with Gasteiger partial charge in [0.1, 0.15) is 12.2 Å². The molecule has 0 saturated heterocycles. The van der Waals surface area contributed by atoms with Crippen LogP contribution in [0.15, 0.2) is 36.5 Å². The summed E-state index contributed by atoms with van der Waals surface area (Å²) in [7, 11) is -4.52. The highest BCUT2D eigenvalue weighted by atomic mass is 31.2. The zero-order valence-electron chi connectivity index (χ0n) is 36.1. The maximum atomic E-state index is 12.6. The van der Waals surface area contributed by atoms with Crippen LogP contribution in [0.25, 0.3) is 0 Å². The third kappa shape index (κ3) is 42.3. The summed E-state index contributed by atoms with van der Waals surface area (Å²) in [6.45, 7) is 3.38. The summed E-state index contributed by atoms with van der Waals surface area (Å²) in [5.41, 5.74) is 0. The molecule has 0 aromatic heterocycles. The summed E-state index contributed by atoms with van der Waals surface area (Å²) in [5, 5.41) is 18.4. The van der Waals surface area contributed by atoms with Gasteiger partial charge in [-0.15, -0.1) is 0 Å². The molecule has 3 unspecified atom stereocenters. The van der Waals surface area contributed by atoms with Gasteiger partial charge in [-0.25, -0.2) is 4.57 Å². The standard InChI is InChI=1S/C46H87O9P/c1-3-5-7-9-11-13-15-17-19-20-21-22-23-24-25-26-28-30-32-34-36-38-46(49)55-45(43-54-56(50,51)53-41-44(48)40-47)42-52-39-37-35-33-31-29-27-18-16-14-12-10-8-6-4-2/h6,8,12,14,18,27,44-45,47-48H,3-5,7,9-11,13,15-17,19-26,28-43H2,1-2H3,(H,50,51)/b8-6-,14-12-,27-18-. The summed E-state index contributed by atoms with van der Waals surface area (Å²) >= 11 is 0. The van der Waals surface area contributed by atoms with Crippen LogP contribution in [-0.2, 0) is 27.9 Å². The van der Waals surface area contributed by atoms with Gasteiger partial charge in [-0.05, 0) is 44.9 Å². The van der Waals surface area contributed by atoms with Gasteiger partial charge in [-0.1, -0.05) is 192 Å². The molecule has 0 radical (unpaired) electrons. The fourth-order valence-corrected chi connectivity index (χ4v) is 7.16. The minimum atomic E-state index is -4.52. The lowest BCUT2D eigenvalue weighted by Gasteiger charge is -2.20. The lowest BCUT2D eigenvalue weighted by Crippen LogP contribution is -2.29. The maximum Gasteiger partial charge on any atom is 0.472 e. The van der Waals surface area contributed by atoms with Crippen molar-refractivity contribution in [3.05, 3.63) is 36.5 Å². The molecule has 0 aromatic rings. The molecule has 10 heteroatoms. The number of allylic oxidation sites excluding steroid dienone is 6. The first-order chi connectivity index (χ1) is 27.3. The fourth-order valence-electron chi connectivity index (χ4n) is 6.37. The van der Waals surface area contributed by atoms with Crippen LogP contribution in [0.5, 0.6) is 0 Å². The zero-order valence-corrected chi connectivity index (χ0v) is 37.0. The van der Waals surface area contributed by atoms with Crippen molar-refractivity contribution in [1.29, 1.82) is 0 Å². The third-order valence-electron chi connectivity index (χ3n) is 9.84. The Balaban J connectivity index is 4.10. The maximum absolute atomic E-state index is 12.6. The first kappa shape index (κ1) is 54.7. The number of aliphatic hydroxyl groups excluding tert-OH is 2. The van der Waals surface area contributed by atoms with Crippen LogP contribution in [0, 0.1) is 0 Å². The largest absolute Gasteiger partial charge is 0.472 e. The number of hydrogen-bond acceptors (Lipinski definition) is 8. The molecule has 0 amide bonds.